The molecular formula is C23H23N3O4S2. The van der Waals surface area contributed by atoms with Gasteiger partial charge >= 0.3 is 5.97 Å². The molecule has 32 heavy (non-hydrogen) atoms. The SMILES string of the molecule is Cc1ccc(-c2csc(NC(=O)C(C)Sc3cccc(NC(=O)CCC(=O)O)c3)n2)cc1. The molecule has 0 bridgehead atoms. The van der Waals surface area contributed by atoms with E-state index < -0.39 is 5.97 Å². The molecule has 0 aliphatic carbocycles. The number of nitrogens with zero attached hydrogens (tertiary/aromatic N) is 1. The summed E-state index contributed by atoms with van der Waals surface area (Å²) in [4.78, 5) is 40.4. The molecule has 9 heteroatoms. The van der Waals surface area contributed by atoms with E-state index in [1.54, 1.807) is 25.1 Å². The van der Waals surface area contributed by atoms with Crippen molar-refractivity contribution < 1.29 is 19.5 Å². The minimum Gasteiger partial charge on any atom is -0.481 e. The predicted octanol–water partition coefficient (Wildman–Crippen LogP) is 5.04. The van der Waals surface area contributed by atoms with Crippen LogP contribution >= 0.6 is 23.1 Å². The molecule has 3 aromatic rings. The average Bonchev–Trinajstić information content (AvgIpc) is 3.21. The smallest absolute Gasteiger partial charge is 0.303 e. The van der Waals surface area contributed by atoms with Crippen molar-refractivity contribution in [3.63, 3.8) is 0 Å². The summed E-state index contributed by atoms with van der Waals surface area (Å²) in [5, 5.41) is 16.3. The van der Waals surface area contributed by atoms with Crippen molar-refractivity contribution in [2.75, 3.05) is 10.6 Å². The number of thiazole rings is 1. The zero-order valence-corrected chi connectivity index (χ0v) is 19.3. The minimum absolute atomic E-state index is 0.0934. The number of amides is 2. The molecule has 1 aromatic heterocycles. The maximum atomic E-state index is 12.6. The zero-order valence-electron chi connectivity index (χ0n) is 17.6. The van der Waals surface area contributed by atoms with E-state index in [0.717, 1.165) is 16.2 Å². The van der Waals surface area contributed by atoms with E-state index in [-0.39, 0.29) is 29.9 Å². The number of anilines is 2. The van der Waals surface area contributed by atoms with Crippen LogP contribution < -0.4 is 10.6 Å². The molecule has 2 aromatic carbocycles. The topological polar surface area (TPSA) is 108 Å². The van der Waals surface area contributed by atoms with Crippen molar-refractivity contribution in [3.8, 4) is 11.3 Å². The lowest BCUT2D eigenvalue weighted by atomic mass is 10.1. The lowest BCUT2D eigenvalue weighted by molar-refractivity contribution is -0.138. The van der Waals surface area contributed by atoms with Gasteiger partial charge in [0.1, 0.15) is 0 Å². The highest BCUT2D eigenvalue weighted by Gasteiger charge is 2.17. The van der Waals surface area contributed by atoms with Gasteiger partial charge in [0, 0.05) is 27.9 Å². The number of benzene rings is 2. The van der Waals surface area contributed by atoms with Gasteiger partial charge in [-0.2, -0.15) is 0 Å². The number of hydrogen-bond donors (Lipinski definition) is 3. The van der Waals surface area contributed by atoms with Gasteiger partial charge in [-0.15, -0.1) is 23.1 Å². The number of hydrogen-bond acceptors (Lipinski definition) is 6. The van der Waals surface area contributed by atoms with Crippen molar-refractivity contribution in [2.45, 2.75) is 36.8 Å². The van der Waals surface area contributed by atoms with Crippen LogP contribution in [0.3, 0.4) is 0 Å². The molecule has 7 nitrogen and oxygen atoms in total. The van der Waals surface area contributed by atoms with Crippen LogP contribution in [0, 0.1) is 6.92 Å². The maximum Gasteiger partial charge on any atom is 0.303 e. The van der Waals surface area contributed by atoms with Gasteiger partial charge in [-0.05, 0) is 32.0 Å². The van der Waals surface area contributed by atoms with E-state index in [4.69, 9.17) is 5.11 Å². The van der Waals surface area contributed by atoms with Crippen molar-refractivity contribution in [2.24, 2.45) is 0 Å². The van der Waals surface area contributed by atoms with Crippen molar-refractivity contribution in [1.82, 2.24) is 4.98 Å². The number of thioether (sulfide) groups is 1. The molecule has 0 spiro atoms. The molecule has 1 atom stereocenters. The first-order valence-corrected chi connectivity index (χ1v) is 11.7. The third kappa shape index (κ3) is 6.93. The first-order valence-electron chi connectivity index (χ1n) is 9.92. The number of carbonyl (C=O) groups excluding carboxylic acids is 2. The summed E-state index contributed by atoms with van der Waals surface area (Å²) in [5.41, 5.74) is 3.54. The van der Waals surface area contributed by atoms with Gasteiger partial charge in [0.25, 0.3) is 0 Å². The Balaban J connectivity index is 1.56. The van der Waals surface area contributed by atoms with E-state index in [1.165, 1.54) is 28.7 Å². The van der Waals surface area contributed by atoms with Gasteiger partial charge in [0.15, 0.2) is 5.13 Å². The minimum atomic E-state index is -1.02. The van der Waals surface area contributed by atoms with Crippen molar-refractivity contribution in [1.29, 1.82) is 0 Å². The van der Waals surface area contributed by atoms with Gasteiger partial charge < -0.3 is 15.7 Å². The number of aryl methyl sites for hydroxylation is 1. The number of aromatic nitrogens is 1. The fraction of sp³-hybridized carbons (Fsp3) is 0.217. The number of nitrogens with one attached hydrogen (secondary N) is 2. The number of rotatable bonds is 9. The maximum absolute atomic E-state index is 12.6. The Morgan fingerprint density at radius 3 is 2.56 bits per heavy atom. The Labute approximate surface area is 194 Å². The molecule has 1 unspecified atom stereocenters. The lowest BCUT2D eigenvalue weighted by Gasteiger charge is -2.12. The molecule has 0 saturated heterocycles. The van der Waals surface area contributed by atoms with Gasteiger partial charge in [-0.1, -0.05) is 35.9 Å². The van der Waals surface area contributed by atoms with Crippen molar-refractivity contribution in [3.05, 3.63) is 59.5 Å². The number of carboxylic acid groups (broad SMARTS) is 1. The second kappa shape index (κ2) is 10.9. The first kappa shape index (κ1) is 23.5. The Bertz CT molecular complexity index is 1110. The number of carbonyl (C=O) groups is 3. The van der Waals surface area contributed by atoms with E-state index in [9.17, 15) is 14.4 Å². The van der Waals surface area contributed by atoms with E-state index in [2.05, 4.69) is 15.6 Å². The van der Waals surface area contributed by atoms with Gasteiger partial charge in [0.05, 0.1) is 17.4 Å². The fourth-order valence-corrected chi connectivity index (χ4v) is 4.39. The van der Waals surface area contributed by atoms with Crippen LogP contribution in [0.25, 0.3) is 11.3 Å². The standard InChI is InChI=1S/C23H23N3O4S2/c1-14-6-8-16(9-7-14)19-13-31-23(25-19)26-22(30)15(2)32-18-5-3-4-17(12-18)24-20(27)10-11-21(28)29/h3-9,12-13,15H,10-11H2,1-2H3,(H,24,27)(H,28,29)(H,25,26,30). The van der Waals surface area contributed by atoms with Gasteiger partial charge in [-0.3, -0.25) is 14.4 Å². The zero-order chi connectivity index (χ0) is 23.1. The van der Waals surface area contributed by atoms with E-state index in [1.807, 2.05) is 42.6 Å². The molecule has 3 rings (SSSR count). The molecule has 0 fully saturated rings. The quantitative estimate of drug-likeness (QED) is 0.379. The van der Waals surface area contributed by atoms with Crippen LogP contribution in [0.2, 0.25) is 0 Å². The van der Waals surface area contributed by atoms with Crippen LogP contribution in [0.5, 0.6) is 0 Å². The summed E-state index contributed by atoms with van der Waals surface area (Å²) in [7, 11) is 0. The highest BCUT2D eigenvalue weighted by atomic mass is 32.2. The summed E-state index contributed by atoms with van der Waals surface area (Å²) in [5.74, 6) is -1.56. The molecule has 2 amide bonds. The third-order valence-electron chi connectivity index (χ3n) is 4.45. The summed E-state index contributed by atoms with van der Waals surface area (Å²) < 4.78 is 0. The van der Waals surface area contributed by atoms with Crippen LogP contribution in [0.1, 0.15) is 25.3 Å². The molecular weight excluding hydrogens is 446 g/mol. The lowest BCUT2D eigenvalue weighted by Crippen LogP contribution is -2.22. The second-order valence-corrected chi connectivity index (χ2v) is 9.40. The Morgan fingerprint density at radius 1 is 1.09 bits per heavy atom. The molecule has 0 aliphatic heterocycles. The molecule has 3 N–H and O–H groups in total. The van der Waals surface area contributed by atoms with Crippen molar-refractivity contribution >= 4 is 51.7 Å². The largest absolute Gasteiger partial charge is 0.481 e. The van der Waals surface area contributed by atoms with Crippen LogP contribution in [0.4, 0.5) is 10.8 Å². The highest BCUT2D eigenvalue weighted by Crippen LogP contribution is 2.29. The Hall–Kier alpha value is -3.17. The Morgan fingerprint density at radius 2 is 1.84 bits per heavy atom. The summed E-state index contributed by atoms with van der Waals surface area (Å²) in [6.45, 7) is 3.82. The summed E-state index contributed by atoms with van der Waals surface area (Å²) in [6.07, 6.45) is -0.316. The number of aliphatic carboxylic acids is 1. The number of carboxylic acids is 1. The predicted molar refractivity (Wildman–Crippen MR) is 128 cm³/mol. The third-order valence-corrected chi connectivity index (χ3v) is 6.30. The van der Waals surface area contributed by atoms with E-state index >= 15 is 0 Å². The molecule has 0 saturated carbocycles. The molecule has 1 heterocycles. The molecule has 166 valence electrons. The normalized spacial score (nSPS) is 11.6. The van der Waals surface area contributed by atoms with Crippen LogP contribution in [-0.2, 0) is 14.4 Å². The monoisotopic (exact) mass is 469 g/mol. The highest BCUT2D eigenvalue weighted by molar-refractivity contribution is 8.00. The second-order valence-electron chi connectivity index (χ2n) is 7.12. The van der Waals surface area contributed by atoms with E-state index in [0.29, 0.717) is 10.8 Å². The summed E-state index contributed by atoms with van der Waals surface area (Å²) >= 11 is 2.73. The van der Waals surface area contributed by atoms with Crippen LogP contribution in [0.15, 0.2) is 58.8 Å². The van der Waals surface area contributed by atoms with Crippen LogP contribution in [-0.4, -0.2) is 33.1 Å². The Kier molecular flexibility index (Phi) is 8.02. The first-order chi connectivity index (χ1) is 15.3. The molecule has 0 radical (unpaired) electrons. The van der Waals surface area contributed by atoms with Gasteiger partial charge in [-0.25, -0.2) is 4.98 Å². The van der Waals surface area contributed by atoms with Gasteiger partial charge in [0.2, 0.25) is 11.8 Å². The molecule has 0 aliphatic rings. The summed E-state index contributed by atoms with van der Waals surface area (Å²) in [6, 6.07) is 15.1. The average molecular weight is 470 g/mol. The fourth-order valence-electron chi connectivity index (χ4n) is 2.74.